The number of amides is 2. The minimum absolute atomic E-state index is 0.0595. The monoisotopic (exact) mass is 432 g/mol. The summed E-state index contributed by atoms with van der Waals surface area (Å²) in [5.74, 6) is -2.58. The number of aliphatic carboxylic acids is 1. The van der Waals surface area contributed by atoms with E-state index in [0.29, 0.717) is 21.3 Å². The van der Waals surface area contributed by atoms with Crippen LogP contribution in [0, 0.1) is 23.7 Å². The molecule has 0 saturated heterocycles. The van der Waals surface area contributed by atoms with Crippen molar-refractivity contribution in [2.75, 3.05) is 10.6 Å². The van der Waals surface area contributed by atoms with Crippen LogP contribution in [0.5, 0.6) is 0 Å². The van der Waals surface area contributed by atoms with Crippen molar-refractivity contribution in [3.05, 3.63) is 46.3 Å². The molecule has 3 N–H and O–H groups in total. The summed E-state index contributed by atoms with van der Waals surface area (Å²) in [5.41, 5.74) is 0.949. The van der Waals surface area contributed by atoms with Crippen molar-refractivity contribution in [2.45, 2.75) is 25.7 Å². The van der Waals surface area contributed by atoms with Gasteiger partial charge in [-0.05, 0) is 73.2 Å². The van der Waals surface area contributed by atoms with E-state index in [1.165, 1.54) is 11.3 Å². The maximum atomic E-state index is 13.0. The first-order valence-electron chi connectivity index (χ1n) is 9.62. The predicted molar refractivity (Wildman–Crippen MR) is 112 cm³/mol. The molecule has 3 aliphatic rings. The Balaban J connectivity index is 1.49. The van der Waals surface area contributed by atoms with Crippen molar-refractivity contribution in [2.24, 2.45) is 23.7 Å². The fraction of sp³-hybridized carbons (Fsp3) is 0.381. The lowest BCUT2D eigenvalue weighted by atomic mass is 9.58. The molecular weight excluding hydrogens is 412 g/mol. The molecule has 6 nitrogen and oxygen atoms in total. The molecule has 5 rings (SSSR count). The lowest BCUT2D eigenvalue weighted by molar-refractivity contribution is -0.156. The Labute approximate surface area is 177 Å². The van der Waals surface area contributed by atoms with Gasteiger partial charge in [0.1, 0.15) is 5.00 Å². The number of hydrogen-bond donors (Lipinski definition) is 3. The van der Waals surface area contributed by atoms with Gasteiger partial charge in [-0.3, -0.25) is 14.4 Å². The molecule has 1 heterocycles. The summed E-state index contributed by atoms with van der Waals surface area (Å²) in [6.07, 6.45) is 3.53. The van der Waals surface area contributed by atoms with Crippen molar-refractivity contribution in [3.63, 3.8) is 0 Å². The van der Waals surface area contributed by atoms with Crippen molar-refractivity contribution >= 4 is 51.4 Å². The molecular formula is C21H21ClN2O4S. The van der Waals surface area contributed by atoms with Crippen LogP contribution in [0.3, 0.4) is 0 Å². The Morgan fingerprint density at radius 1 is 0.931 bits per heavy atom. The minimum atomic E-state index is -0.897. The Kier molecular flexibility index (Phi) is 5.61. The average molecular weight is 433 g/mol. The lowest BCUT2D eigenvalue weighted by Crippen LogP contribution is -2.49. The number of carboxylic acid groups (broad SMARTS) is 1. The highest BCUT2D eigenvalue weighted by atomic mass is 35.5. The van der Waals surface area contributed by atoms with Crippen LogP contribution >= 0.6 is 22.9 Å². The third-order valence-electron chi connectivity index (χ3n) is 6.06. The van der Waals surface area contributed by atoms with E-state index in [9.17, 15) is 19.5 Å². The number of carbonyl (C=O) groups excluding carboxylic acids is 2. The molecule has 29 heavy (non-hydrogen) atoms. The number of rotatable bonds is 5. The van der Waals surface area contributed by atoms with E-state index >= 15 is 0 Å². The molecule has 152 valence electrons. The maximum absolute atomic E-state index is 13.0. The highest BCUT2D eigenvalue weighted by molar-refractivity contribution is 7.14. The number of thiophene rings is 1. The summed E-state index contributed by atoms with van der Waals surface area (Å²) in [6.45, 7) is 0. The molecule has 1 aromatic carbocycles. The second kappa shape index (κ2) is 8.16. The Bertz CT molecular complexity index is 934. The highest BCUT2D eigenvalue weighted by Gasteiger charge is 2.50. The number of benzene rings is 1. The van der Waals surface area contributed by atoms with Crippen LogP contribution in [-0.2, 0) is 9.59 Å². The van der Waals surface area contributed by atoms with Crippen LogP contribution in [0.2, 0.25) is 5.02 Å². The summed E-state index contributed by atoms with van der Waals surface area (Å²) in [5, 5.41) is 18.0. The standard InChI is InChI=1S/C21H21ClN2O4S/c22-13-5-7-14(8-6-13)23-18(25)15-9-10-29-20(15)24-19(26)16-11-1-3-12(4-2-11)17(16)21(27)28/h5-12,16-17H,1-4H2,(H,23,25)(H,24,26)(H,27,28)/t11?,12?,16-,17-/m0/s1. The molecule has 0 spiro atoms. The van der Waals surface area contributed by atoms with Gasteiger partial charge in [0.15, 0.2) is 0 Å². The number of carbonyl (C=O) groups is 3. The van der Waals surface area contributed by atoms with Gasteiger partial charge in [0, 0.05) is 10.7 Å². The Hall–Kier alpha value is -2.38. The first-order chi connectivity index (χ1) is 13.9. The lowest BCUT2D eigenvalue weighted by Gasteiger charge is -2.45. The number of anilines is 2. The zero-order valence-corrected chi connectivity index (χ0v) is 17.1. The molecule has 1 aromatic heterocycles. The molecule has 2 amide bonds. The van der Waals surface area contributed by atoms with E-state index in [1.807, 2.05) is 0 Å². The van der Waals surface area contributed by atoms with Gasteiger partial charge in [-0.25, -0.2) is 0 Å². The molecule has 3 aliphatic carbocycles. The fourth-order valence-corrected chi connectivity index (χ4v) is 5.61. The van der Waals surface area contributed by atoms with E-state index in [2.05, 4.69) is 10.6 Å². The third kappa shape index (κ3) is 4.02. The zero-order chi connectivity index (χ0) is 20.5. The van der Waals surface area contributed by atoms with Gasteiger partial charge >= 0.3 is 5.97 Å². The van der Waals surface area contributed by atoms with Crippen LogP contribution in [0.25, 0.3) is 0 Å². The summed E-state index contributed by atoms with van der Waals surface area (Å²) in [4.78, 5) is 37.5. The van der Waals surface area contributed by atoms with Gasteiger partial charge in [-0.1, -0.05) is 11.6 Å². The quantitative estimate of drug-likeness (QED) is 0.636. The van der Waals surface area contributed by atoms with E-state index in [0.717, 1.165) is 25.7 Å². The largest absolute Gasteiger partial charge is 0.481 e. The number of nitrogens with one attached hydrogen (secondary N) is 2. The minimum Gasteiger partial charge on any atom is -0.481 e. The van der Waals surface area contributed by atoms with E-state index in [-0.39, 0.29) is 23.7 Å². The Morgan fingerprint density at radius 2 is 1.55 bits per heavy atom. The first-order valence-corrected chi connectivity index (χ1v) is 10.9. The smallest absolute Gasteiger partial charge is 0.307 e. The molecule has 3 fully saturated rings. The van der Waals surface area contributed by atoms with Crippen LogP contribution < -0.4 is 10.6 Å². The van der Waals surface area contributed by atoms with Crippen molar-refractivity contribution < 1.29 is 19.5 Å². The summed E-state index contributed by atoms with van der Waals surface area (Å²) >= 11 is 7.12. The van der Waals surface area contributed by atoms with Crippen LogP contribution in [-0.4, -0.2) is 22.9 Å². The molecule has 2 aromatic rings. The second-order valence-electron chi connectivity index (χ2n) is 7.68. The van der Waals surface area contributed by atoms with Crippen LogP contribution in [0.15, 0.2) is 35.7 Å². The summed E-state index contributed by atoms with van der Waals surface area (Å²) < 4.78 is 0. The molecule has 8 heteroatoms. The normalized spacial score (nSPS) is 25.4. The highest BCUT2D eigenvalue weighted by Crippen LogP contribution is 2.49. The zero-order valence-electron chi connectivity index (χ0n) is 15.6. The third-order valence-corrected chi connectivity index (χ3v) is 7.14. The van der Waals surface area contributed by atoms with E-state index in [4.69, 9.17) is 11.6 Å². The molecule has 0 radical (unpaired) electrons. The van der Waals surface area contributed by atoms with Gasteiger partial charge in [-0.2, -0.15) is 0 Å². The number of hydrogen-bond acceptors (Lipinski definition) is 4. The second-order valence-corrected chi connectivity index (χ2v) is 9.03. The van der Waals surface area contributed by atoms with Crippen molar-refractivity contribution in [1.82, 2.24) is 0 Å². The van der Waals surface area contributed by atoms with Gasteiger partial charge < -0.3 is 15.7 Å². The molecule has 0 aliphatic heterocycles. The number of halogens is 1. The molecule has 2 bridgehead atoms. The van der Waals surface area contributed by atoms with E-state index < -0.39 is 17.8 Å². The summed E-state index contributed by atoms with van der Waals surface area (Å²) in [6, 6.07) is 8.39. The van der Waals surface area contributed by atoms with Crippen molar-refractivity contribution in [1.29, 1.82) is 0 Å². The SMILES string of the molecule is O=C(Nc1ccc(Cl)cc1)c1ccsc1NC(=O)[C@H]1C2CCC(CC2)[C@@H]1C(=O)O. The first kappa shape index (κ1) is 19.9. The molecule has 0 unspecified atom stereocenters. The molecule has 3 saturated carbocycles. The number of fused-ring (bicyclic) bond motifs is 3. The number of carboxylic acids is 1. The van der Waals surface area contributed by atoms with Gasteiger partial charge in [0.05, 0.1) is 17.4 Å². The average Bonchev–Trinajstić information content (AvgIpc) is 3.18. The van der Waals surface area contributed by atoms with Gasteiger partial charge in [0.2, 0.25) is 5.91 Å². The summed E-state index contributed by atoms with van der Waals surface area (Å²) in [7, 11) is 0. The van der Waals surface area contributed by atoms with Crippen LogP contribution in [0.1, 0.15) is 36.0 Å². The van der Waals surface area contributed by atoms with Crippen LogP contribution in [0.4, 0.5) is 10.7 Å². The van der Waals surface area contributed by atoms with Crippen molar-refractivity contribution in [3.8, 4) is 0 Å². The fourth-order valence-electron chi connectivity index (χ4n) is 4.69. The van der Waals surface area contributed by atoms with E-state index in [1.54, 1.807) is 35.7 Å². The predicted octanol–water partition coefficient (Wildman–Crippen LogP) is 4.73. The molecule has 2 atom stereocenters. The maximum Gasteiger partial charge on any atom is 0.307 e. The Morgan fingerprint density at radius 3 is 2.17 bits per heavy atom. The van der Waals surface area contributed by atoms with Gasteiger partial charge in [0.25, 0.3) is 5.91 Å². The van der Waals surface area contributed by atoms with Gasteiger partial charge in [-0.15, -0.1) is 11.3 Å². The topological polar surface area (TPSA) is 95.5 Å².